The zero-order valence-corrected chi connectivity index (χ0v) is 14.9. The molecule has 3 aromatic rings. The summed E-state index contributed by atoms with van der Waals surface area (Å²) in [7, 11) is 0. The molecule has 1 aliphatic heterocycles. The summed E-state index contributed by atoms with van der Waals surface area (Å²) in [5.74, 6) is 0. The molecular weight excluding hydrogens is 310 g/mol. The summed E-state index contributed by atoms with van der Waals surface area (Å²) in [4.78, 5) is 2.59. The second-order valence-electron chi connectivity index (χ2n) is 6.63. The first kappa shape index (κ1) is 15.6. The lowest BCUT2D eigenvalue weighted by Crippen LogP contribution is -2.23. The minimum atomic E-state index is 0.530. The van der Waals surface area contributed by atoms with Crippen LogP contribution in [0.3, 0.4) is 0 Å². The first-order valence-corrected chi connectivity index (χ1v) is 9.72. The molecule has 0 N–H and O–H groups in total. The molecule has 122 valence electrons. The fourth-order valence-corrected chi connectivity index (χ4v) is 4.24. The monoisotopic (exact) mass is 333 g/mol. The van der Waals surface area contributed by atoms with Crippen molar-refractivity contribution in [2.75, 3.05) is 13.1 Å². The third-order valence-electron chi connectivity index (χ3n) is 5.15. The van der Waals surface area contributed by atoms with E-state index >= 15 is 0 Å². The molecule has 1 aromatic heterocycles. The van der Waals surface area contributed by atoms with Crippen LogP contribution in [0, 0.1) is 0 Å². The molecule has 2 heterocycles. The second kappa shape index (κ2) is 6.92. The van der Waals surface area contributed by atoms with E-state index in [-0.39, 0.29) is 0 Å². The van der Waals surface area contributed by atoms with Gasteiger partial charge in [0.05, 0.1) is 0 Å². The molecular formula is C22H23NS. The number of thiophene rings is 1. The van der Waals surface area contributed by atoms with Gasteiger partial charge in [0.25, 0.3) is 0 Å². The van der Waals surface area contributed by atoms with Crippen molar-refractivity contribution in [3.05, 3.63) is 70.9 Å². The van der Waals surface area contributed by atoms with Crippen LogP contribution < -0.4 is 0 Å². The van der Waals surface area contributed by atoms with Gasteiger partial charge in [0, 0.05) is 6.04 Å². The van der Waals surface area contributed by atoms with Gasteiger partial charge in [-0.2, -0.15) is 11.3 Å². The van der Waals surface area contributed by atoms with Crippen molar-refractivity contribution >= 4 is 11.3 Å². The van der Waals surface area contributed by atoms with Crippen molar-refractivity contribution < 1.29 is 0 Å². The standard InChI is InChI=1S/C22H23NS/c1-17(23-13-2-3-14-23)18-4-6-19(7-5-18)20-8-10-21(11-9-20)22-12-15-24-16-22/h4-12,15-17H,2-3,13-14H2,1H3. The quantitative estimate of drug-likeness (QED) is 0.546. The van der Waals surface area contributed by atoms with Gasteiger partial charge in [0.1, 0.15) is 0 Å². The van der Waals surface area contributed by atoms with Gasteiger partial charge in [-0.3, -0.25) is 4.90 Å². The maximum Gasteiger partial charge on any atom is 0.0319 e. The number of hydrogen-bond acceptors (Lipinski definition) is 2. The van der Waals surface area contributed by atoms with Gasteiger partial charge < -0.3 is 0 Å². The number of hydrogen-bond donors (Lipinski definition) is 0. The van der Waals surface area contributed by atoms with Crippen LogP contribution in [0.2, 0.25) is 0 Å². The molecule has 1 saturated heterocycles. The normalized spacial score (nSPS) is 16.4. The third kappa shape index (κ3) is 3.17. The minimum absolute atomic E-state index is 0.530. The van der Waals surface area contributed by atoms with E-state index in [1.165, 1.54) is 53.7 Å². The molecule has 1 atom stereocenters. The van der Waals surface area contributed by atoms with Gasteiger partial charge in [-0.25, -0.2) is 0 Å². The molecule has 2 aromatic carbocycles. The van der Waals surface area contributed by atoms with Crippen molar-refractivity contribution in [2.45, 2.75) is 25.8 Å². The van der Waals surface area contributed by atoms with Gasteiger partial charge in [0.15, 0.2) is 0 Å². The average molecular weight is 334 g/mol. The fourth-order valence-electron chi connectivity index (χ4n) is 3.58. The minimum Gasteiger partial charge on any atom is -0.297 e. The Morgan fingerprint density at radius 2 is 1.29 bits per heavy atom. The summed E-state index contributed by atoms with van der Waals surface area (Å²) >= 11 is 1.75. The fraction of sp³-hybridized carbons (Fsp3) is 0.273. The summed E-state index contributed by atoms with van der Waals surface area (Å²) in [5, 5.41) is 4.33. The SMILES string of the molecule is CC(c1ccc(-c2ccc(-c3ccsc3)cc2)cc1)N1CCCC1. The first-order chi connectivity index (χ1) is 11.8. The molecule has 24 heavy (non-hydrogen) atoms. The molecule has 1 fully saturated rings. The van der Waals surface area contributed by atoms with E-state index in [0.717, 1.165) is 0 Å². The Hall–Kier alpha value is -1.90. The zero-order valence-electron chi connectivity index (χ0n) is 14.1. The van der Waals surface area contributed by atoms with Crippen LogP contribution in [0.5, 0.6) is 0 Å². The van der Waals surface area contributed by atoms with Crippen molar-refractivity contribution in [2.24, 2.45) is 0 Å². The van der Waals surface area contributed by atoms with Gasteiger partial charge >= 0.3 is 0 Å². The number of likely N-dealkylation sites (tertiary alicyclic amines) is 1. The highest BCUT2D eigenvalue weighted by atomic mass is 32.1. The lowest BCUT2D eigenvalue weighted by molar-refractivity contribution is 0.263. The predicted molar refractivity (Wildman–Crippen MR) is 104 cm³/mol. The highest BCUT2D eigenvalue weighted by Gasteiger charge is 2.19. The molecule has 4 rings (SSSR count). The van der Waals surface area contributed by atoms with E-state index in [0.29, 0.717) is 6.04 Å². The second-order valence-corrected chi connectivity index (χ2v) is 7.41. The Balaban J connectivity index is 1.52. The molecule has 2 heteroatoms. The van der Waals surface area contributed by atoms with Crippen LogP contribution in [0.15, 0.2) is 65.4 Å². The predicted octanol–water partition coefficient (Wildman–Crippen LogP) is 6.24. The topological polar surface area (TPSA) is 3.24 Å². The van der Waals surface area contributed by atoms with Gasteiger partial charge in [-0.1, -0.05) is 48.5 Å². The lowest BCUT2D eigenvalue weighted by atomic mass is 9.99. The summed E-state index contributed by atoms with van der Waals surface area (Å²) in [6, 6.07) is 20.7. The van der Waals surface area contributed by atoms with Crippen LogP contribution in [0.25, 0.3) is 22.3 Å². The summed E-state index contributed by atoms with van der Waals surface area (Å²) in [6.45, 7) is 4.82. The molecule has 1 unspecified atom stereocenters. The van der Waals surface area contributed by atoms with Crippen LogP contribution in [-0.4, -0.2) is 18.0 Å². The van der Waals surface area contributed by atoms with Crippen LogP contribution >= 0.6 is 11.3 Å². The molecule has 1 aliphatic rings. The van der Waals surface area contributed by atoms with Crippen molar-refractivity contribution in [1.29, 1.82) is 0 Å². The zero-order chi connectivity index (χ0) is 16.4. The maximum atomic E-state index is 2.59. The highest BCUT2D eigenvalue weighted by molar-refractivity contribution is 7.08. The molecule has 1 nitrogen and oxygen atoms in total. The van der Waals surface area contributed by atoms with Gasteiger partial charge in [-0.15, -0.1) is 0 Å². The smallest absolute Gasteiger partial charge is 0.0319 e. The van der Waals surface area contributed by atoms with Crippen LogP contribution in [-0.2, 0) is 0 Å². The Kier molecular flexibility index (Phi) is 4.50. The van der Waals surface area contributed by atoms with E-state index in [2.05, 4.69) is 77.2 Å². The molecule has 0 radical (unpaired) electrons. The average Bonchev–Trinajstić information content (AvgIpc) is 3.35. The number of nitrogens with zero attached hydrogens (tertiary/aromatic N) is 1. The highest BCUT2D eigenvalue weighted by Crippen LogP contribution is 2.29. The Morgan fingerprint density at radius 3 is 1.83 bits per heavy atom. The van der Waals surface area contributed by atoms with E-state index < -0.39 is 0 Å². The summed E-state index contributed by atoms with van der Waals surface area (Å²) < 4.78 is 0. The Bertz CT molecular complexity index is 766. The third-order valence-corrected chi connectivity index (χ3v) is 5.84. The van der Waals surface area contributed by atoms with Crippen molar-refractivity contribution in [1.82, 2.24) is 4.90 Å². The summed E-state index contributed by atoms with van der Waals surface area (Å²) in [5.41, 5.74) is 6.61. The number of benzene rings is 2. The Morgan fingerprint density at radius 1 is 0.750 bits per heavy atom. The molecule has 0 amide bonds. The van der Waals surface area contributed by atoms with E-state index in [4.69, 9.17) is 0 Å². The molecule has 0 aliphatic carbocycles. The van der Waals surface area contributed by atoms with Crippen molar-refractivity contribution in [3.63, 3.8) is 0 Å². The molecule has 0 saturated carbocycles. The van der Waals surface area contributed by atoms with Crippen LogP contribution in [0.4, 0.5) is 0 Å². The van der Waals surface area contributed by atoms with E-state index in [9.17, 15) is 0 Å². The molecule has 0 bridgehead atoms. The number of rotatable bonds is 4. The Labute approximate surface area is 148 Å². The molecule has 0 spiro atoms. The lowest BCUT2D eigenvalue weighted by Gasteiger charge is -2.24. The maximum absolute atomic E-state index is 2.59. The van der Waals surface area contributed by atoms with Crippen LogP contribution in [0.1, 0.15) is 31.4 Å². The first-order valence-electron chi connectivity index (χ1n) is 8.78. The summed E-state index contributed by atoms with van der Waals surface area (Å²) in [6.07, 6.45) is 2.69. The van der Waals surface area contributed by atoms with E-state index in [1.54, 1.807) is 11.3 Å². The van der Waals surface area contributed by atoms with Gasteiger partial charge in [-0.05, 0) is 77.5 Å². The largest absolute Gasteiger partial charge is 0.297 e. The van der Waals surface area contributed by atoms with Gasteiger partial charge in [0.2, 0.25) is 0 Å². The van der Waals surface area contributed by atoms with E-state index in [1.807, 2.05) is 0 Å². The van der Waals surface area contributed by atoms with Crippen molar-refractivity contribution in [3.8, 4) is 22.3 Å².